The summed E-state index contributed by atoms with van der Waals surface area (Å²) in [5, 5.41) is 20.9. The average Bonchev–Trinajstić information content (AvgIpc) is 3.20. The number of non-ortho nitro benzene ring substituents is 1. The van der Waals surface area contributed by atoms with E-state index < -0.39 is 0 Å². The summed E-state index contributed by atoms with van der Waals surface area (Å²) in [5.41, 5.74) is 1.08. The van der Waals surface area contributed by atoms with Crippen molar-refractivity contribution in [3.63, 3.8) is 0 Å². The van der Waals surface area contributed by atoms with Gasteiger partial charge >= 0.3 is 0 Å². The molecule has 146 valence electrons. The second-order valence-electron chi connectivity index (χ2n) is 6.21. The summed E-state index contributed by atoms with van der Waals surface area (Å²) >= 11 is 1.78. The van der Waals surface area contributed by atoms with Crippen LogP contribution in [0.5, 0.6) is 0 Å². The summed E-state index contributed by atoms with van der Waals surface area (Å²) in [5.74, 6) is 0.762. The van der Waals surface area contributed by atoms with Crippen LogP contribution in [0, 0.1) is 10.1 Å². The zero-order valence-electron chi connectivity index (χ0n) is 15.1. The first-order chi connectivity index (χ1) is 12.7. The fourth-order valence-corrected chi connectivity index (χ4v) is 3.79. The van der Waals surface area contributed by atoms with Crippen molar-refractivity contribution in [1.29, 1.82) is 0 Å². The number of nitrogens with one attached hydrogen (secondary N) is 2. The molecule has 0 aliphatic carbocycles. The SMILES string of the molecule is CN=C(NCc1ccc([N+](=O)[O-])cc1)NC1CCN(c2cccs2)CC1.I. The molecule has 2 aromatic rings. The number of anilines is 1. The largest absolute Gasteiger partial charge is 0.363 e. The van der Waals surface area contributed by atoms with Gasteiger partial charge in [0.2, 0.25) is 0 Å². The fraction of sp³-hybridized carbons (Fsp3) is 0.389. The Morgan fingerprint density at radius 3 is 2.56 bits per heavy atom. The first-order valence-corrected chi connectivity index (χ1v) is 9.52. The van der Waals surface area contributed by atoms with Gasteiger partial charge in [0.1, 0.15) is 0 Å². The van der Waals surface area contributed by atoms with Gasteiger partial charge in [0.25, 0.3) is 5.69 Å². The summed E-state index contributed by atoms with van der Waals surface area (Å²) in [6.07, 6.45) is 2.13. The second-order valence-corrected chi connectivity index (χ2v) is 7.13. The molecule has 2 N–H and O–H groups in total. The van der Waals surface area contributed by atoms with E-state index >= 15 is 0 Å². The number of rotatable bonds is 5. The summed E-state index contributed by atoms with van der Waals surface area (Å²) < 4.78 is 0. The van der Waals surface area contributed by atoms with Crippen LogP contribution in [-0.4, -0.2) is 37.1 Å². The lowest BCUT2D eigenvalue weighted by Gasteiger charge is -2.33. The minimum atomic E-state index is -0.389. The lowest BCUT2D eigenvalue weighted by molar-refractivity contribution is -0.384. The lowest BCUT2D eigenvalue weighted by Crippen LogP contribution is -2.48. The Morgan fingerprint density at radius 1 is 1.30 bits per heavy atom. The Labute approximate surface area is 180 Å². The predicted molar refractivity (Wildman–Crippen MR) is 121 cm³/mol. The fourth-order valence-electron chi connectivity index (χ4n) is 3.00. The molecule has 2 heterocycles. The van der Waals surface area contributed by atoms with Gasteiger partial charge < -0.3 is 15.5 Å². The zero-order valence-corrected chi connectivity index (χ0v) is 18.3. The summed E-state index contributed by atoms with van der Waals surface area (Å²) in [6.45, 7) is 2.65. The van der Waals surface area contributed by atoms with Crippen LogP contribution in [-0.2, 0) is 6.54 Å². The Hall–Kier alpha value is -1.88. The van der Waals surface area contributed by atoms with Crippen molar-refractivity contribution in [3.05, 3.63) is 57.5 Å². The summed E-state index contributed by atoms with van der Waals surface area (Å²) in [4.78, 5) is 17.0. The average molecular weight is 501 g/mol. The van der Waals surface area contributed by atoms with Crippen molar-refractivity contribution in [2.75, 3.05) is 25.0 Å². The molecule has 0 saturated carbocycles. The van der Waals surface area contributed by atoms with E-state index in [1.54, 1.807) is 30.5 Å². The topological polar surface area (TPSA) is 82.8 Å². The Kier molecular flexibility index (Phi) is 8.29. The number of piperidine rings is 1. The zero-order chi connectivity index (χ0) is 18.4. The van der Waals surface area contributed by atoms with E-state index in [1.807, 2.05) is 0 Å². The summed E-state index contributed by atoms with van der Waals surface area (Å²) in [7, 11) is 1.76. The van der Waals surface area contributed by atoms with E-state index in [4.69, 9.17) is 0 Å². The van der Waals surface area contributed by atoms with E-state index in [0.717, 1.165) is 37.5 Å². The van der Waals surface area contributed by atoms with Crippen molar-refractivity contribution < 1.29 is 4.92 Å². The third-order valence-corrected chi connectivity index (χ3v) is 5.41. The van der Waals surface area contributed by atoms with Crippen LogP contribution in [0.4, 0.5) is 10.7 Å². The van der Waals surface area contributed by atoms with E-state index in [0.29, 0.717) is 12.6 Å². The maximum atomic E-state index is 10.7. The van der Waals surface area contributed by atoms with Gasteiger partial charge in [0.05, 0.1) is 9.92 Å². The molecule has 7 nitrogen and oxygen atoms in total. The summed E-state index contributed by atoms with van der Waals surface area (Å²) in [6, 6.07) is 11.2. The molecule has 0 bridgehead atoms. The van der Waals surface area contributed by atoms with Crippen LogP contribution in [0.15, 0.2) is 46.8 Å². The highest BCUT2D eigenvalue weighted by Crippen LogP contribution is 2.24. The van der Waals surface area contributed by atoms with Gasteiger partial charge in [-0.05, 0) is 35.9 Å². The molecule has 3 rings (SSSR count). The highest BCUT2D eigenvalue weighted by molar-refractivity contribution is 14.0. The highest BCUT2D eigenvalue weighted by Gasteiger charge is 2.20. The van der Waals surface area contributed by atoms with Crippen LogP contribution in [0.2, 0.25) is 0 Å². The molecule has 1 aromatic heterocycles. The van der Waals surface area contributed by atoms with Crippen molar-refractivity contribution in [1.82, 2.24) is 10.6 Å². The molecule has 1 aliphatic heterocycles. The first-order valence-electron chi connectivity index (χ1n) is 8.64. The molecule has 1 saturated heterocycles. The quantitative estimate of drug-likeness (QED) is 0.215. The minimum Gasteiger partial charge on any atom is -0.363 e. The molecule has 0 amide bonds. The van der Waals surface area contributed by atoms with Crippen LogP contribution in [0.3, 0.4) is 0 Å². The van der Waals surface area contributed by atoms with Crippen molar-refractivity contribution >= 4 is 52.0 Å². The van der Waals surface area contributed by atoms with Gasteiger partial charge in [-0.25, -0.2) is 0 Å². The number of nitro benzene ring substituents is 1. The highest BCUT2D eigenvalue weighted by atomic mass is 127. The minimum absolute atomic E-state index is 0. The maximum absolute atomic E-state index is 10.7. The normalized spacial score (nSPS) is 15.1. The Balaban J connectivity index is 0.00000261. The third-order valence-electron chi connectivity index (χ3n) is 4.48. The number of hydrogen-bond donors (Lipinski definition) is 2. The van der Waals surface area contributed by atoms with Crippen molar-refractivity contribution in [2.45, 2.75) is 25.4 Å². The molecular formula is C18H24IN5O2S. The van der Waals surface area contributed by atoms with Gasteiger partial charge in [0.15, 0.2) is 5.96 Å². The monoisotopic (exact) mass is 501 g/mol. The molecular weight excluding hydrogens is 477 g/mol. The van der Waals surface area contributed by atoms with Crippen LogP contribution in [0.25, 0.3) is 0 Å². The third kappa shape index (κ3) is 6.06. The number of benzene rings is 1. The maximum Gasteiger partial charge on any atom is 0.269 e. The van der Waals surface area contributed by atoms with Gasteiger partial charge in [-0.1, -0.05) is 12.1 Å². The number of guanidine groups is 1. The van der Waals surface area contributed by atoms with Gasteiger partial charge in [0, 0.05) is 44.9 Å². The standard InChI is InChI=1S/C18H23N5O2S.HI/c1-19-18(20-13-14-4-6-16(7-5-14)23(24)25)21-15-8-10-22(11-9-15)17-3-2-12-26-17;/h2-7,12,15H,8-11,13H2,1H3,(H2,19,20,21);1H. The van der Waals surface area contributed by atoms with Crippen molar-refractivity contribution in [3.8, 4) is 0 Å². The van der Waals surface area contributed by atoms with E-state index in [1.165, 1.54) is 17.1 Å². The second kappa shape index (κ2) is 10.5. The first kappa shape index (κ1) is 21.4. The van der Waals surface area contributed by atoms with Gasteiger partial charge in [-0.3, -0.25) is 15.1 Å². The van der Waals surface area contributed by atoms with E-state index in [9.17, 15) is 10.1 Å². The van der Waals surface area contributed by atoms with E-state index in [2.05, 4.69) is 38.0 Å². The van der Waals surface area contributed by atoms with Crippen LogP contribution < -0.4 is 15.5 Å². The number of thiophene rings is 1. The number of hydrogen-bond acceptors (Lipinski definition) is 5. The molecule has 1 aromatic carbocycles. The molecule has 0 atom stereocenters. The molecule has 27 heavy (non-hydrogen) atoms. The van der Waals surface area contributed by atoms with Gasteiger partial charge in [-0.2, -0.15) is 0 Å². The molecule has 0 spiro atoms. The molecule has 9 heteroatoms. The van der Waals surface area contributed by atoms with Gasteiger partial charge in [-0.15, -0.1) is 35.3 Å². The van der Waals surface area contributed by atoms with Crippen molar-refractivity contribution in [2.24, 2.45) is 4.99 Å². The Bertz CT molecular complexity index is 744. The lowest BCUT2D eigenvalue weighted by atomic mass is 10.1. The number of nitro groups is 1. The molecule has 1 aliphatic rings. The molecule has 0 radical (unpaired) electrons. The van der Waals surface area contributed by atoms with E-state index in [-0.39, 0.29) is 34.6 Å². The van der Waals surface area contributed by atoms with Crippen LogP contribution in [0.1, 0.15) is 18.4 Å². The number of halogens is 1. The Morgan fingerprint density at radius 2 is 2.00 bits per heavy atom. The number of nitrogens with zero attached hydrogens (tertiary/aromatic N) is 3. The smallest absolute Gasteiger partial charge is 0.269 e. The number of aliphatic imine (C=N–C) groups is 1. The van der Waals surface area contributed by atoms with Crippen LogP contribution >= 0.6 is 35.3 Å². The predicted octanol–water partition coefficient (Wildman–Crippen LogP) is 3.61. The molecule has 0 unspecified atom stereocenters. The molecule has 1 fully saturated rings.